The van der Waals surface area contributed by atoms with Crippen LogP contribution >= 0.6 is 0 Å². The molecule has 1 aliphatic rings. The Bertz CT molecular complexity index is 746. The summed E-state index contributed by atoms with van der Waals surface area (Å²) in [4.78, 5) is 10.3. The van der Waals surface area contributed by atoms with Gasteiger partial charge in [0, 0.05) is 36.2 Å². The number of halogens is 1. The SMILES string of the molecule is CCNC(=NCC(C1CC1)N(C)C)NCCc1c[nH]c2ccc(F)cc12. The summed E-state index contributed by atoms with van der Waals surface area (Å²) in [5, 5.41) is 7.67. The number of nitrogens with one attached hydrogen (secondary N) is 3. The molecule has 0 amide bonds. The monoisotopic (exact) mass is 359 g/mol. The Balaban J connectivity index is 1.57. The molecule has 3 rings (SSSR count). The van der Waals surface area contributed by atoms with E-state index in [4.69, 9.17) is 4.99 Å². The fraction of sp³-hybridized carbons (Fsp3) is 0.550. The van der Waals surface area contributed by atoms with E-state index < -0.39 is 0 Å². The van der Waals surface area contributed by atoms with Crippen LogP contribution in [-0.2, 0) is 6.42 Å². The van der Waals surface area contributed by atoms with Gasteiger partial charge in [-0.1, -0.05) is 0 Å². The number of guanidine groups is 1. The average molecular weight is 359 g/mol. The maximum atomic E-state index is 13.5. The van der Waals surface area contributed by atoms with Crippen molar-refractivity contribution in [1.82, 2.24) is 20.5 Å². The van der Waals surface area contributed by atoms with Crippen LogP contribution in [0.1, 0.15) is 25.3 Å². The Labute approximate surface area is 155 Å². The molecular formula is C20H30FN5. The lowest BCUT2D eigenvalue weighted by Crippen LogP contribution is -2.40. The van der Waals surface area contributed by atoms with Crippen LogP contribution in [0.2, 0.25) is 0 Å². The van der Waals surface area contributed by atoms with Crippen LogP contribution in [0.25, 0.3) is 10.9 Å². The zero-order valence-corrected chi connectivity index (χ0v) is 16.0. The van der Waals surface area contributed by atoms with Gasteiger partial charge in [-0.2, -0.15) is 0 Å². The van der Waals surface area contributed by atoms with Crippen molar-refractivity contribution in [3.8, 4) is 0 Å². The molecule has 5 nitrogen and oxygen atoms in total. The molecule has 2 aromatic rings. The maximum Gasteiger partial charge on any atom is 0.191 e. The molecule has 1 aromatic heterocycles. The third-order valence-electron chi connectivity index (χ3n) is 5.03. The average Bonchev–Trinajstić information content (AvgIpc) is 3.36. The highest BCUT2D eigenvalue weighted by Gasteiger charge is 2.32. The predicted molar refractivity (Wildman–Crippen MR) is 106 cm³/mol. The fourth-order valence-corrected chi connectivity index (χ4v) is 3.41. The molecule has 1 heterocycles. The maximum absolute atomic E-state index is 13.5. The van der Waals surface area contributed by atoms with E-state index in [9.17, 15) is 4.39 Å². The van der Waals surface area contributed by atoms with E-state index in [0.29, 0.717) is 6.04 Å². The number of fused-ring (bicyclic) bond motifs is 1. The van der Waals surface area contributed by atoms with Crippen molar-refractivity contribution in [3.05, 3.63) is 35.8 Å². The van der Waals surface area contributed by atoms with E-state index in [1.165, 1.54) is 18.9 Å². The first-order valence-electron chi connectivity index (χ1n) is 9.52. The van der Waals surface area contributed by atoms with Crippen molar-refractivity contribution in [2.75, 3.05) is 33.7 Å². The van der Waals surface area contributed by atoms with Gasteiger partial charge in [0.25, 0.3) is 0 Å². The minimum absolute atomic E-state index is 0.198. The van der Waals surface area contributed by atoms with Crippen LogP contribution in [0.4, 0.5) is 4.39 Å². The fourth-order valence-electron chi connectivity index (χ4n) is 3.41. The van der Waals surface area contributed by atoms with Crippen molar-refractivity contribution in [3.63, 3.8) is 0 Å². The molecule has 0 aliphatic heterocycles. The molecule has 1 saturated carbocycles. The number of H-pyrrole nitrogens is 1. The van der Waals surface area contributed by atoms with Gasteiger partial charge in [0.15, 0.2) is 5.96 Å². The lowest BCUT2D eigenvalue weighted by atomic mass is 10.1. The quantitative estimate of drug-likeness (QED) is 0.502. The molecule has 1 atom stereocenters. The molecule has 1 aromatic carbocycles. The minimum atomic E-state index is -0.198. The second kappa shape index (κ2) is 8.54. The van der Waals surface area contributed by atoms with E-state index in [1.54, 1.807) is 12.1 Å². The van der Waals surface area contributed by atoms with E-state index in [0.717, 1.165) is 54.4 Å². The predicted octanol–water partition coefficient (Wildman–Crippen LogP) is 2.74. The highest BCUT2D eigenvalue weighted by atomic mass is 19.1. The molecule has 0 bridgehead atoms. The number of aliphatic imine (C=N–C) groups is 1. The molecule has 0 radical (unpaired) electrons. The summed E-state index contributed by atoms with van der Waals surface area (Å²) in [5.74, 6) is 1.44. The molecule has 0 saturated heterocycles. The summed E-state index contributed by atoms with van der Waals surface area (Å²) >= 11 is 0. The molecule has 1 fully saturated rings. The smallest absolute Gasteiger partial charge is 0.191 e. The number of aromatic amines is 1. The molecule has 1 unspecified atom stereocenters. The van der Waals surface area contributed by atoms with Crippen molar-refractivity contribution in [2.45, 2.75) is 32.2 Å². The zero-order chi connectivity index (χ0) is 18.5. The van der Waals surface area contributed by atoms with E-state index >= 15 is 0 Å². The van der Waals surface area contributed by atoms with Crippen LogP contribution in [-0.4, -0.2) is 55.6 Å². The molecule has 26 heavy (non-hydrogen) atoms. The number of hydrogen-bond donors (Lipinski definition) is 3. The normalized spacial score (nSPS) is 16.3. The molecular weight excluding hydrogens is 329 g/mol. The van der Waals surface area contributed by atoms with Crippen molar-refractivity contribution in [2.24, 2.45) is 10.9 Å². The van der Waals surface area contributed by atoms with Gasteiger partial charge in [-0.05, 0) is 70.0 Å². The number of rotatable bonds is 8. The van der Waals surface area contributed by atoms with E-state index in [-0.39, 0.29) is 5.82 Å². The Morgan fingerprint density at radius 2 is 2.15 bits per heavy atom. The van der Waals surface area contributed by atoms with Crippen molar-refractivity contribution < 1.29 is 4.39 Å². The first kappa shape index (κ1) is 18.7. The van der Waals surface area contributed by atoms with E-state index in [2.05, 4.69) is 41.5 Å². The molecule has 1 aliphatic carbocycles. The summed E-state index contributed by atoms with van der Waals surface area (Å²) in [5.41, 5.74) is 2.09. The largest absolute Gasteiger partial charge is 0.361 e. The third-order valence-corrected chi connectivity index (χ3v) is 5.03. The van der Waals surface area contributed by atoms with Gasteiger partial charge in [-0.3, -0.25) is 4.99 Å². The summed E-state index contributed by atoms with van der Waals surface area (Å²) in [6.07, 6.45) is 5.41. The van der Waals surface area contributed by atoms with Gasteiger partial charge >= 0.3 is 0 Å². The highest BCUT2D eigenvalue weighted by Crippen LogP contribution is 2.34. The van der Waals surface area contributed by atoms with Crippen molar-refractivity contribution in [1.29, 1.82) is 0 Å². The van der Waals surface area contributed by atoms with Gasteiger partial charge in [0.05, 0.1) is 6.54 Å². The Kier molecular flexibility index (Phi) is 6.14. The van der Waals surface area contributed by atoms with Crippen LogP contribution < -0.4 is 10.6 Å². The second-order valence-corrected chi connectivity index (χ2v) is 7.27. The zero-order valence-electron chi connectivity index (χ0n) is 16.0. The summed E-state index contributed by atoms with van der Waals surface area (Å²) < 4.78 is 13.5. The van der Waals surface area contributed by atoms with Gasteiger partial charge in [-0.25, -0.2) is 4.39 Å². The van der Waals surface area contributed by atoms with Gasteiger partial charge < -0.3 is 20.5 Å². The standard InChI is InChI=1S/C20H30FN5/c1-4-22-20(25-13-19(26(2)3)14-5-6-14)23-10-9-15-12-24-18-8-7-16(21)11-17(15)18/h7-8,11-12,14,19,24H,4-6,9-10,13H2,1-3H3,(H2,22,23,25). The van der Waals surface area contributed by atoms with Crippen LogP contribution in [0, 0.1) is 11.7 Å². The number of aromatic nitrogens is 1. The highest BCUT2D eigenvalue weighted by molar-refractivity contribution is 5.83. The summed E-state index contributed by atoms with van der Waals surface area (Å²) in [6.45, 7) is 4.47. The number of likely N-dealkylation sites (N-methyl/N-ethyl adjacent to an activating group) is 1. The molecule has 142 valence electrons. The topological polar surface area (TPSA) is 55.5 Å². The Hall–Kier alpha value is -2.08. The lowest BCUT2D eigenvalue weighted by molar-refractivity contribution is 0.271. The Morgan fingerprint density at radius 1 is 1.35 bits per heavy atom. The molecule has 0 spiro atoms. The van der Waals surface area contributed by atoms with E-state index in [1.807, 2.05) is 6.20 Å². The lowest BCUT2D eigenvalue weighted by Gasteiger charge is -2.23. The van der Waals surface area contributed by atoms with Crippen molar-refractivity contribution >= 4 is 16.9 Å². The summed E-state index contributed by atoms with van der Waals surface area (Å²) in [6, 6.07) is 5.38. The summed E-state index contributed by atoms with van der Waals surface area (Å²) in [7, 11) is 4.27. The van der Waals surface area contributed by atoms with Gasteiger partial charge in [0.2, 0.25) is 0 Å². The van der Waals surface area contributed by atoms with Gasteiger partial charge in [-0.15, -0.1) is 0 Å². The van der Waals surface area contributed by atoms with Gasteiger partial charge in [0.1, 0.15) is 5.82 Å². The third kappa shape index (κ3) is 4.75. The molecule has 6 heteroatoms. The van der Waals surface area contributed by atoms with Crippen LogP contribution in [0.3, 0.4) is 0 Å². The van der Waals surface area contributed by atoms with Crippen LogP contribution in [0.15, 0.2) is 29.4 Å². The first-order chi connectivity index (χ1) is 12.6. The molecule has 3 N–H and O–H groups in total. The minimum Gasteiger partial charge on any atom is -0.361 e. The van der Waals surface area contributed by atoms with Crippen LogP contribution in [0.5, 0.6) is 0 Å². The number of nitrogens with zero attached hydrogens (tertiary/aromatic N) is 2. The Morgan fingerprint density at radius 3 is 2.85 bits per heavy atom. The first-order valence-corrected chi connectivity index (χ1v) is 9.52. The second-order valence-electron chi connectivity index (χ2n) is 7.27. The number of benzene rings is 1. The number of hydrogen-bond acceptors (Lipinski definition) is 2.